The third-order valence-electron chi connectivity index (χ3n) is 2.88. The summed E-state index contributed by atoms with van der Waals surface area (Å²) in [6, 6.07) is 1.92. The fourth-order valence-corrected chi connectivity index (χ4v) is 2.51. The summed E-state index contributed by atoms with van der Waals surface area (Å²) in [7, 11) is 1.54. The van der Waals surface area contributed by atoms with Crippen molar-refractivity contribution in [3.63, 3.8) is 0 Å². The van der Waals surface area contributed by atoms with Crippen molar-refractivity contribution in [2.45, 2.75) is 32.8 Å². The fraction of sp³-hybridized carbons (Fsp3) is 0.462. The first-order chi connectivity index (χ1) is 8.38. The number of carboxylic acids is 1. The molecular formula is C13H17BrO4. The van der Waals surface area contributed by atoms with Gasteiger partial charge < -0.3 is 14.9 Å². The topological polar surface area (TPSA) is 66.8 Å². The van der Waals surface area contributed by atoms with E-state index in [0.717, 1.165) is 15.6 Å². The molecule has 0 heterocycles. The molecule has 100 valence electrons. The van der Waals surface area contributed by atoms with E-state index in [9.17, 15) is 9.90 Å². The summed E-state index contributed by atoms with van der Waals surface area (Å²) in [5.74, 6) is -0.300. The minimum Gasteiger partial charge on any atom is -0.496 e. The lowest BCUT2D eigenvalue weighted by molar-refractivity contribution is -0.137. The quantitative estimate of drug-likeness (QED) is 0.876. The molecule has 0 saturated heterocycles. The highest BCUT2D eigenvalue weighted by atomic mass is 79.9. The molecule has 18 heavy (non-hydrogen) atoms. The molecule has 0 amide bonds. The Hall–Kier alpha value is -1.07. The number of hydrogen-bond acceptors (Lipinski definition) is 3. The van der Waals surface area contributed by atoms with Crippen LogP contribution in [0.4, 0.5) is 0 Å². The summed E-state index contributed by atoms with van der Waals surface area (Å²) in [5.41, 5.74) is 2.43. The molecule has 0 aromatic heterocycles. The normalized spacial score (nSPS) is 12.3. The number of aryl methyl sites for hydroxylation is 1. The molecule has 1 aromatic carbocycles. The van der Waals surface area contributed by atoms with Crippen molar-refractivity contribution in [1.82, 2.24) is 0 Å². The van der Waals surface area contributed by atoms with E-state index in [1.54, 1.807) is 7.11 Å². The smallest absolute Gasteiger partial charge is 0.303 e. The van der Waals surface area contributed by atoms with Gasteiger partial charge in [0.1, 0.15) is 5.75 Å². The van der Waals surface area contributed by atoms with Crippen molar-refractivity contribution < 1.29 is 19.7 Å². The van der Waals surface area contributed by atoms with Gasteiger partial charge in [-0.2, -0.15) is 0 Å². The Morgan fingerprint density at radius 3 is 2.61 bits per heavy atom. The summed E-state index contributed by atoms with van der Waals surface area (Å²) in [6.45, 7) is 3.75. The molecule has 4 nitrogen and oxygen atoms in total. The van der Waals surface area contributed by atoms with E-state index in [0.29, 0.717) is 11.3 Å². The number of carboxylic acid groups (broad SMARTS) is 1. The summed E-state index contributed by atoms with van der Waals surface area (Å²) in [6.07, 6.45) is -0.746. The third-order valence-corrected chi connectivity index (χ3v) is 3.70. The van der Waals surface area contributed by atoms with Gasteiger partial charge >= 0.3 is 5.97 Å². The maximum Gasteiger partial charge on any atom is 0.303 e. The highest BCUT2D eigenvalue weighted by Gasteiger charge is 2.20. The van der Waals surface area contributed by atoms with Crippen molar-refractivity contribution in [3.8, 4) is 5.75 Å². The minimum absolute atomic E-state index is 0.0741. The molecule has 1 rings (SSSR count). The molecule has 1 atom stereocenters. The molecule has 0 aliphatic carbocycles. The number of aliphatic carboxylic acids is 1. The van der Waals surface area contributed by atoms with Gasteiger partial charge in [0.15, 0.2) is 0 Å². The Morgan fingerprint density at radius 1 is 1.50 bits per heavy atom. The van der Waals surface area contributed by atoms with Crippen LogP contribution >= 0.6 is 15.9 Å². The second kappa shape index (κ2) is 6.20. The zero-order valence-electron chi connectivity index (χ0n) is 10.7. The van der Waals surface area contributed by atoms with Crippen molar-refractivity contribution in [1.29, 1.82) is 0 Å². The lowest BCUT2D eigenvalue weighted by Gasteiger charge is -2.20. The van der Waals surface area contributed by atoms with Crippen molar-refractivity contribution in [3.05, 3.63) is 27.2 Å². The van der Waals surface area contributed by atoms with Crippen LogP contribution in [0.25, 0.3) is 0 Å². The summed E-state index contributed by atoms with van der Waals surface area (Å²) < 4.78 is 6.19. The first-order valence-electron chi connectivity index (χ1n) is 5.62. The summed E-state index contributed by atoms with van der Waals surface area (Å²) >= 11 is 3.43. The predicted molar refractivity (Wildman–Crippen MR) is 72.0 cm³/mol. The molecule has 2 N–H and O–H groups in total. The van der Waals surface area contributed by atoms with Crippen LogP contribution in [0.5, 0.6) is 5.75 Å². The van der Waals surface area contributed by atoms with Gasteiger partial charge in [0.2, 0.25) is 0 Å². The van der Waals surface area contributed by atoms with Gasteiger partial charge in [-0.1, -0.05) is 15.9 Å². The van der Waals surface area contributed by atoms with Crippen LogP contribution in [0, 0.1) is 13.8 Å². The highest BCUT2D eigenvalue weighted by molar-refractivity contribution is 9.10. The molecule has 0 bridgehead atoms. The number of carbonyl (C=O) groups is 1. The Kier molecular flexibility index (Phi) is 5.16. The van der Waals surface area contributed by atoms with Crippen LogP contribution in [-0.2, 0) is 4.79 Å². The van der Waals surface area contributed by atoms with E-state index in [1.165, 1.54) is 0 Å². The molecule has 1 aromatic rings. The number of halogens is 1. The fourth-order valence-electron chi connectivity index (χ4n) is 1.95. The molecule has 0 aliphatic heterocycles. The lowest BCUT2D eigenvalue weighted by Crippen LogP contribution is -2.07. The first kappa shape index (κ1) is 15.0. The average molecular weight is 317 g/mol. The predicted octanol–water partition coefficient (Wildman–Crippen LogP) is 2.97. The molecular weight excluding hydrogens is 300 g/mol. The Morgan fingerprint density at radius 2 is 2.11 bits per heavy atom. The van der Waals surface area contributed by atoms with E-state index >= 15 is 0 Å². The monoisotopic (exact) mass is 316 g/mol. The van der Waals surface area contributed by atoms with Gasteiger partial charge in [0.05, 0.1) is 13.2 Å². The molecule has 5 heteroatoms. The van der Waals surface area contributed by atoms with Gasteiger partial charge in [-0.25, -0.2) is 0 Å². The van der Waals surface area contributed by atoms with E-state index in [-0.39, 0.29) is 12.8 Å². The number of rotatable bonds is 5. The average Bonchev–Trinajstić information content (AvgIpc) is 2.30. The van der Waals surface area contributed by atoms with Crippen LogP contribution in [0.15, 0.2) is 10.5 Å². The highest BCUT2D eigenvalue weighted by Crippen LogP contribution is 2.37. The number of hydrogen-bond donors (Lipinski definition) is 2. The second-order valence-corrected chi connectivity index (χ2v) is 5.05. The molecule has 0 fully saturated rings. The molecule has 0 radical (unpaired) electrons. The number of aliphatic hydroxyl groups is 1. The van der Waals surface area contributed by atoms with Crippen LogP contribution in [0.2, 0.25) is 0 Å². The second-order valence-electron chi connectivity index (χ2n) is 4.20. The summed E-state index contributed by atoms with van der Waals surface area (Å²) in [5, 5.41) is 18.8. The van der Waals surface area contributed by atoms with Crippen LogP contribution < -0.4 is 4.74 Å². The van der Waals surface area contributed by atoms with Gasteiger partial charge in [0.25, 0.3) is 0 Å². The number of methoxy groups -OCH3 is 1. The molecule has 0 saturated carbocycles. The lowest BCUT2D eigenvalue weighted by atomic mass is 9.96. The zero-order valence-corrected chi connectivity index (χ0v) is 12.2. The molecule has 0 spiro atoms. The van der Waals surface area contributed by atoms with E-state index < -0.39 is 12.1 Å². The largest absolute Gasteiger partial charge is 0.496 e. The van der Waals surface area contributed by atoms with Crippen molar-refractivity contribution in [2.75, 3.05) is 7.11 Å². The van der Waals surface area contributed by atoms with Gasteiger partial charge in [0, 0.05) is 16.5 Å². The van der Waals surface area contributed by atoms with Gasteiger partial charge in [-0.15, -0.1) is 0 Å². The van der Waals surface area contributed by atoms with Crippen LogP contribution in [0.3, 0.4) is 0 Å². The molecule has 0 aliphatic rings. The number of ether oxygens (including phenoxy) is 1. The van der Waals surface area contributed by atoms with Crippen molar-refractivity contribution >= 4 is 21.9 Å². The Bertz CT molecular complexity index is 457. The van der Waals surface area contributed by atoms with E-state index in [4.69, 9.17) is 9.84 Å². The third kappa shape index (κ3) is 3.23. The first-order valence-corrected chi connectivity index (χ1v) is 6.41. The van der Waals surface area contributed by atoms with E-state index in [1.807, 2.05) is 19.9 Å². The number of benzene rings is 1. The van der Waals surface area contributed by atoms with Crippen LogP contribution in [0.1, 0.15) is 35.6 Å². The van der Waals surface area contributed by atoms with Gasteiger partial charge in [-0.3, -0.25) is 4.79 Å². The maximum absolute atomic E-state index is 10.6. The maximum atomic E-state index is 10.6. The van der Waals surface area contributed by atoms with Crippen LogP contribution in [-0.4, -0.2) is 23.3 Å². The summed E-state index contributed by atoms with van der Waals surface area (Å²) in [4.78, 5) is 10.6. The molecule has 0 unspecified atom stereocenters. The number of aliphatic hydroxyl groups excluding tert-OH is 1. The zero-order chi connectivity index (χ0) is 13.9. The Balaban J connectivity index is 3.16. The Labute approximate surface area is 115 Å². The van der Waals surface area contributed by atoms with Crippen molar-refractivity contribution in [2.24, 2.45) is 0 Å². The standard InChI is InChI=1S/C13H17BrO4/c1-7-6-9(14)8(2)12(13(7)18-3)10(15)4-5-11(16)17/h6,10,15H,4-5H2,1-3H3,(H,16,17)/t10-/m1/s1. The van der Waals surface area contributed by atoms with Gasteiger partial charge in [-0.05, 0) is 37.5 Å². The van der Waals surface area contributed by atoms with E-state index in [2.05, 4.69) is 15.9 Å². The minimum atomic E-state index is -0.919. The SMILES string of the molecule is COc1c(C)cc(Br)c(C)c1[C@H](O)CCC(=O)O.